The molecular formula is C26H47NO2S. The summed E-state index contributed by atoms with van der Waals surface area (Å²) >= 11 is 2.06. The van der Waals surface area contributed by atoms with Crippen LogP contribution in [0.3, 0.4) is 0 Å². The van der Waals surface area contributed by atoms with E-state index in [9.17, 15) is 10.2 Å². The molecule has 0 aromatic rings. The summed E-state index contributed by atoms with van der Waals surface area (Å²) in [7, 11) is 2.21. The second-order valence-corrected chi connectivity index (χ2v) is 12.1. The summed E-state index contributed by atoms with van der Waals surface area (Å²) in [5.74, 6) is 3.74. The van der Waals surface area contributed by atoms with Gasteiger partial charge in [0, 0.05) is 23.8 Å². The van der Waals surface area contributed by atoms with Gasteiger partial charge in [-0.05, 0) is 84.4 Å². The van der Waals surface area contributed by atoms with Gasteiger partial charge in [0.05, 0.1) is 11.7 Å². The van der Waals surface area contributed by atoms with Gasteiger partial charge in [0.25, 0.3) is 0 Å². The first-order chi connectivity index (χ1) is 14.0. The maximum absolute atomic E-state index is 10.6. The summed E-state index contributed by atoms with van der Waals surface area (Å²) in [5, 5.41) is 21.1. The van der Waals surface area contributed by atoms with Gasteiger partial charge in [0.2, 0.25) is 0 Å². The topological polar surface area (TPSA) is 43.7 Å². The second kappa shape index (κ2) is 11.5. The molecule has 2 N–H and O–H groups in total. The molecule has 4 heteroatoms. The van der Waals surface area contributed by atoms with E-state index in [1.807, 2.05) is 6.92 Å². The molecule has 2 rings (SSSR count). The molecule has 0 aromatic heterocycles. The summed E-state index contributed by atoms with van der Waals surface area (Å²) < 4.78 is 0. The Balaban J connectivity index is 1.73. The highest BCUT2D eigenvalue weighted by molar-refractivity contribution is 7.99. The maximum atomic E-state index is 10.6. The fourth-order valence-electron chi connectivity index (χ4n) is 4.77. The quantitative estimate of drug-likeness (QED) is 0.305. The number of aliphatic hydroxyl groups is 2. The van der Waals surface area contributed by atoms with E-state index >= 15 is 0 Å². The Morgan fingerprint density at radius 2 is 1.97 bits per heavy atom. The van der Waals surface area contributed by atoms with Crippen molar-refractivity contribution in [2.75, 3.05) is 25.1 Å². The van der Waals surface area contributed by atoms with Gasteiger partial charge in [0.15, 0.2) is 0 Å². The van der Waals surface area contributed by atoms with Crippen LogP contribution in [0.2, 0.25) is 0 Å². The number of fused-ring (bicyclic) bond motifs is 1. The Labute approximate surface area is 190 Å². The minimum absolute atomic E-state index is 0.225. The summed E-state index contributed by atoms with van der Waals surface area (Å²) in [4.78, 5) is 2.43. The molecule has 0 bridgehead atoms. The van der Waals surface area contributed by atoms with Crippen LogP contribution in [0, 0.1) is 17.8 Å². The number of aliphatic hydroxyl groups excluding tert-OH is 1. The molecule has 0 heterocycles. The van der Waals surface area contributed by atoms with Gasteiger partial charge < -0.3 is 15.1 Å². The Kier molecular flexibility index (Phi) is 9.99. The largest absolute Gasteiger partial charge is 0.392 e. The van der Waals surface area contributed by atoms with Crippen molar-refractivity contribution >= 4 is 11.8 Å². The lowest BCUT2D eigenvalue weighted by Crippen LogP contribution is -2.39. The smallest absolute Gasteiger partial charge is 0.0654 e. The van der Waals surface area contributed by atoms with Crippen molar-refractivity contribution in [1.29, 1.82) is 0 Å². The molecule has 0 unspecified atom stereocenters. The molecule has 0 saturated heterocycles. The average molecular weight is 438 g/mol. The molecule has 0 aromatic carbocycles. The fraction of sp³-hybridized carbons (Fsp3) is 0.846. The third-order valence-electron chi connectivity index (χ3n) is 7.22. The highest BCUT2D eigenvalue weighted by atomic mass is 32.2. The van der Waals surface area contributed by atoms with Crippen LogP contribution in [0.1, 0.15) is 79.6 Å². The Morgan fingerprint density at radius 1 is 1.23 bits per heavy atom. The minimum Gasteiger partial charge on any atom is -0.392 e. The highest BCUT2D eigenvalue weighted by Gasteiger charge is 2.43. The molecule has 5 atom stereocenters. The van der Waals surface area contributed by atoms with Crippen molar-refractivity contribution in [2.24, 2.45) is 17.8 Å². The lowest BCUT2D eigenvalue weighted by Gasteiger charge is -2.31. The van der Waals surface area contributed by atoms with Crippen molar-refractivity contribution in [3.8, 4) is 0 Å². The van der Waals surface area contributed by atoms with E-state index in [2.05, 4.69) is 69.6 Å². The van der Waals surface area contributed by atoms with Gasteiger partial charge >= 0.3 is 0 Å². The van der Waals surface area contributed by atoms with Crippen LogP contribution >= 0.6 is 11.8 Å². The second-order valence-electron chi connectivity index (χ2n) is 10.9. The van der Waals surface area contributed by atoms with Gasteiger partial charge in [-0.2, -0.15) is 11.8 Å². The van der Waals surface area contributed by atoms with Crippen molar-refractivity contribution in [2.45, 2.75) is 96.8 Å². The molecular weight excluding hydrogens is 390 g/mol. The zero-order chi connectivity index (χ0) is 22.4. The first-order valence-corrected chi connectivity index (χ1v) is 13.2. The Morgan fingerprint density at radius 3 is 2.63 bits per heavy atom. The number of hydrogen-bond acceptors (Lipinski definition) is 4. The first-order valence-electron chi connectivity index (χ1n) is 12.1. The van der Waals surface area contributed by atoms with E-state index in [0.29, 0.717) is 18.3 Å². The van der Waals surface area contributed by atoms with E-state index in [1.165, 1.54) is 17.9 Å². The first kappa shape index (κ1) is 26.0. The van der Waals surface area contributed by atoms with Crippen LogP contribution in [0.4, 0.5) is 0 Å². The van der Waals surface area contributed by atoms with E-state index < -0.39 is 5.60 Å². The molecule has 0 amide bonds. The number of thioether (sulfide) groups is 1. The van der Waals surface area contributed by atoms with Gasteiger partial charge in [-0.25, -0.2) is 0 Å². The average Bonchev–Trinajstić information content (AvgIpc) is 3.16. The lowest BCUT2D eigenvalue weighted by atomic mass is 9.88. The van der Waals surface area contributed by atoms with E-state index in [1.54, 1.807) is 5.57 Å². The lowest BCUT2D eigenvalue weighted by molar-refractivity contribution is 0.0513. The zero-order valence-electron chi connectivity index (χ0n) is 20.4. The van der Waals surface area contributed by atoms with Gasteiger partial charge in [-0.1, -0.05) is 43.6 Å². The standard InChI is InChI=1S/C26H47NO2S/c1-7-8-12-26(5,29)13-9-10-22-23-18-20(17-21(23)19-24(22)28)11-15-30-16-14-27(6)25(2,3)4/h9-10,17,21-24,28-29H,7-8,11-16,18-19H2,1-6H3/b10-9+/t21-,22+,23-,24+,26-/m0/s1. The summed E-state index contributed by atoms with van der Waals surface area (Å²) in [5.41, 5.74) is 1.23. The van der Waals surface area contributed by atoms with Crippen LogP contribution in [-0.2, 0) is 0 Å². The van der Waals surface area contributed by atoms with Crippen LogP contribution < -0.4 is 0 Å². The van der Waals surface area contributed by atoms with Gasteiger partial charge in [-0.3, -0.25) is 0 Å². The molecule has 3 nitrogen and oxygen atoms in total. The number of nitrogens with zero attached hydrogens (tertiary/aromatic N) is 1. The monoisotopic (exact) mass is 437 g/mol. The Hall–Kier alpha value is -0.290. The third kappa shape index (κ3) is 8.00. The molecule has 0 spiro atoms. The molecule has 2 aliphatic carbocycles. The summed E-state index contributed by atoms with van der Waals surface area (Å²) in [6, 6.07) is 0. The minimum atomic E-state index is -0.618. The van der Waals surface area contributed by atoms with Crippen molar-refractivity contribution < 1.29 is 10.2 Å². The van der Waals surface area contributed by atoms with E-state index in [0.717, 1.165) is 38.6 Å². The zero-order valence-corrected chi connectivity index (χ0v) is 21.2. The molecule has 2 aliphatic rings. The normalized spacial score (nSPS) is 28.9. The predicted molar refractivity (Wildman–Crippen MR) is 132 cm³/mol. The molecule has 174 valence electrons. The van der Waals surface area contributed by atoms with Gasteiger partial charge in [0.1, 0.15) is 0 Å². The summed E-state index contributed by atoms with van der Waals surface area (Å²) in [6.45, 7) is 12.0. The number of unbranched alkanes of at least 4 members (excludes halogenated alkanes) is 1. The number of rotatable bonds is 12. The maximum Gasteiger partial charge on any atom is 0.0654 e. The third-order valence-corrected chi connectivity index (χ3v) is 8.18. The van der Waals surface area contributed by atoms with Crippen LogP contribution in [0.5, 0.6) is 0 Å². The number of allylic oxidation sites excluding steroid dienone is 2. The molecule has 1 saturated carbocycles. The number of hydrogen-bond donors (Lipinski definition) is 2. The summed E-state index contributed by atoms with van der Waals surface area (Å²) in [6.07, 6.45) is 13.5. The van der Waals surface area contributed by atoms with Crippen molar-refractivity contribution in [1.82, 2.24) is 4.90 Å². The van der Waals surface area contributed by atoms with E-state index in [-0.39, 0.29) is 17.6 Å². The highest BCUT2D eigenvalue weighted by Crippen LogP contribution is 2.48. The van der Waals surface area contributed by atoms with Gasteiger partial charge in [-0.15, -0.1) is 0 Å². The Bertz CT molecular complexity index is 578. The van der Waals surface area contributed by atoms with E-state index in [4.69, 9.17) is 0 Å². The van der Waals surface area contributed by atoms with Crippen LogP contribution in [0.15, 0.2) is 23.8 Å². The van der Waals surface area contributed by atoms with Crippen molar-refractivity contribution in [3.63, 3.8) is 0 Å². The predicted octanol–water partition coefficient (Wildman–Crippen LogP) is 5.67. The molecule has 0 radical (unpaired) electrons. The fourth-order valence-corrected chi connectivity index (χ4v) is 5.79. The van der Waals surface area contributed by atoms with Crippen LogP contribution in [-0.4, -0.2) is 57.5 Å². The molecule has 1 fully saturated rings. The molecule has 0 aliphatic heterocycles. The molecule has 30 heavy (non-hydrogen) atoms. The van der Waals surface area contributed by atoms with Crippen molar-refractivity contribution in [3.05, 3.63) is 23.8 Å². The SMILES string of the molecule is CCCC[C@](C)(O)C/C=C/[C@@H]1[C@H]2CC(CCSCCN(C)C(C)(C)C)=C[C@H]2C[C@H]1O. The van der Waals surface area contributed by atoms with Crippen LogP contribution in [0.25, 0.3) is 0 Å².